The number of benzene rings is 1. The Morgan fingerprint density at radius 2 is 1.68 bits per heavy atom. The number of hydrogen-bond donors (Lipinski definition) is 0. The molecule has 0 atom stereocenters. The zero-order chi connectivity index (χ0) is 14.7. The summed E-state index contributed by atoms with van der Waals surface area (Å²) < 4.78 is 5.46. The van der Waals surface area contributed by atoms with Crippen molar-refractivity contribution in [2.75, 3.05) is 11.4 Å². The van der Waals surface area contributed by atoms with E-state index in [1.54, 1.807) is 4.90 Å². The highest BCUT2D eigenvalue weighted by Gasteiger charge is 2.27. The lowest BCUT2D eigenvalue weighted by molar-refractivity contribution is 0.0571. The maximum Gasteiger partial charge on any atom is 0.414 e. The minimum Gasteiger partial charge on any atom is -0.443 e. The summed E-state index contributed by atoms with van der Waals surface area (Å²) in [6.45, 7) is 14.2. The largest absolute Gasteiger partial charge is 0.443 e. The van der Waals surface area contributed by atoms with E-state index in [2.05, 4.69) is 6.92 Å². The molecule has 105 valence electrons. The predicted molar refractivity (Wildman–Crippen MR) is 79.2 cm³/mol. The number of carbonyl (C=O) groups is 1. The molecule has 0 spiro atoms. The van der Waals surface area contributed by atoms with E-state index < -0.39 is 5.60 Å². The average Bonchev–Trinajstić information content (AvgIpc) is 2.23. The monoisotopic (exact) mass is 262 g/mol. The Labute approximate surface area is 116 Å². The van der Waals surface area contributed by atoms with E-state index in [0.29, 0.717) is 6.54 Å². The molecule has 1 aromatic rings. The van der Waals surface area contributed by atoms with Crippen molar-refractivity contribution in [3.63, 3.8) is 0 Å². The summed E-state index contributed by atoms with van der Waals surface area (Å²) >= 11 is 0. The van der Waals surface area contributed by atoms with E-state index in [1.807, 2.05) is 65.0 Å². The molecule has 0 unspecified atom stereocenters. The molecular formula is C16H24NO2. The SMILES string of the molecule is [CH2]C(C)(C)CN(C(=O)OC(C)(C)C)c1ccccc1. The van der Waals surface area contributed by atoms with Crippen LogP contribution in [-0.2, 0) is 4.74 Å². The molecule has 0 aromatic heterocycles. The minimum absolute atomic E-state index is 0.243. The van der Waals surface area contributed by atoms with Crippen molar-refractivity contribution < 1.29 is 9.53 Å². The minimum atomic E-state index is -0.505. The van der Waals surface area contributed by atoms with Crippen LogP contribution in [0.15, 0.2) is 30.3 Å². The topological polar surface area (TPSA) is 29.5 Å². The van der Waals surface area contributed by atoms with Gasteiger partial charge in [-0.05, 0) is 45.2 Å². The molecule has 3 nitrogen and oxygen atoms in total. The maximum atomic E-state index is 12.3. The quantitative estimate of drug-likeness (QED) is 0.813. The van der Waals surface area contributed by atoms with Crippen molar-refractivity contribution in [1.82, 2.24) is 0 Å². The second-order valence-electron chi connectivity index (χ2n) is 6.57. The molecule has 0 saturated carbocycles. The fourth-order valence-electron chi connectivity index (χ4n) is 1.61. The first-order valence-corrected chi connectivity index (χ1v) is 6.49. The van der Waals surface area contributed by atoms with Crippen molar-refractivity contribution in [2.24, 2.45) is 5.41 Å². The fraction of sp³-hybridized carbons (Fsp3) is 0.500. The molecule has 3 heteroatoms. The van der Waals surface area contributed by atoms with Crippen LogP contribution < -0.4 is 4.90 Å². The first-order chi connectivity index (χ1) is 8.58. The van der Waals surface area contributed by atoms with Crippen molar-refractivity contribution >= 4 is 11.8 Å². The normalized spacial score (nSPS) is 12.1. The van der Waals surface area contributed by atoms with E-state index in [0.717, 1.165) is 5.69 Å². The molecule has 0 aliphatic carbocycles. The Morgan fingerprint density at radius 3 is 2.11 bits per heavy atom. The molecule has 0 aliphatic heterocycles. The molecule has 0 fully saturated rings. The Hall–Kier alpha value is -1.51. The van der Waals surface area contributed by atoms with Gasteiger partial charge in [0.15, 0.2) is 0 Å². The number of amides is 1. The lowest BCUT2D eigenvalue weighted by Gasteiger charge is -2.32. The predicted octanol–water partition coefficient (Wildman–Crippen LogP) is 4.29. The van der Waals surface area contributed by atoms with Crippen molar-refractivity contribution in [3.8, 4) is 0 Å². The third-order valence-corrected chi connectivity index (χ3v) is 2.27. The number of hydrogen-bond acceptors (Lipinski definition) is 2. The van der Waals surface area contributed by atoms with Crippen LogP contribution in [0.2, 0.25) is 0 Å². The molecule has 0 heterocycles. The van der Waals surface area contributed by atoms with Crippen LogP contribution in [0.5, 0.6) is 0 Å². The van der Waals surface area contributed by atoms with Gasteiger partial charge in [-0.25, -0.2) is 4.79 Å². The first-order valence-electron chi connectivity index (χ1n) is 6.49. The zero-order valence-electron chi connectivity index (χ0n) is 12.6. The van der Waals surface area contributed by atoms with Crippen LogP contribution in [0.4, 0.5) is 10.5 Å². The van der Waals surface area contributed by atoms with Gasteiger partial charge in [-0.1, -0.05) is 32.0 Å². The number of para-hydroxylation sites is 1. The van der Waals surface area contributed by atoms with Gasteiger partial charge in [-0.15, -0.1) is 0 Å². The standard InChI is InChI=1S/C16H24NO2/c1-15(2,3)12-17(13-10-8-7-9-11-13)14(18)19-16(4,5)6/h7-11H,1,12H2,2-6H3. The van der Waals surface area contributed by atoms with E-state index in [-0.39, 0.29) is 11.5 Å². The molecule has 0 N–H and O–H groups in total. The number of rotatable bonds is 3. The highest BCUT2D eigenvalue weighted by Crippen LogP contribution is 2.23. The van der Waals surface area contributed by atoms with Gasteiger partial charge >= 0.3 is 6.09 Å². The summed E-state index contributed by atoms with van der Waals surface area (Å²) in [6, 6.07) is 9.53. The number of nitrogens with zero attached hydrogens (tertiary/aromatic N) is 1. The molecule has 1 amide bonds. The average molecular weight is 262 g/mol. The highest BCUT2D eigenvalue weighted by molar-refractivity contribution is 5.87. The van der Waals surface area contributed by atoms with Gasteiger partial charge in [-0.2, -0.15) is 0 Å². The molecular weight excluding hydrogens is 238 g/mol. The lowest BCUT2D eigenvalue weighted by atomic mass is 9.96. The molecule has 0 aliphatic rings. The summed E-state index contributed by atoms with van der Waals surface area (Å²) in [5, 5.41) is 0. The Kier molecular flexibility index (Phi) is 4.61. The molecule has 0 bridgehead atoms. The van der Waals surface area contributed by atoms with Crippen LogP contribution in [-0.4, -0.2) is 18.2 Å². The van der Waals surface area contributed by atoms with Crippen LogP contribution in [0.1, 0.15) is 34.6 Å². The Bertz CT molecular complexity index is 413. The summed E-state index contributed by atoms with van der Waals surface area (Å²) in [5.41, 5.74) is 0.0794. The lowest BCUT2D eigenvalue weighted by Crippen LogP contribution is -2.41. The Morgan fingerprint density at radius 1 is 1.16 bits per heavy atom. The van der Waals surface area contributed by atoms with Crippen molar-refractivity contribution in [1.29, 1.82) is 0 Å². The molecule has 1 aromatic carbocycles. The van der Waals surface area contributed by atoms with Gasteiger partial charge in [-0.3, -0.25) is 4.90 Å². The summed E-state index contributed by atoms with van der Waals surface area (Å²) in [5.74, 6) is 0. The van der Waals surface area contributed by atoms with Gasteiger partial charge in [0.2, 0.25) is 0 Å². The van der Waals surface area contributed by atoms with E-state index in [1.165, 1.54) is 0 Å². The summed E-state index contributed by atoms with van der Waals surface area (Å²) in [6.07, 6.45) is -0.338. The van der Waals surface area contributed by atoms with Gasteiger partial charge in [0.25, 0.3) is 0 Å². The van der Waals surface area contributed by atoms with Gasteiger partial charge in [0.05, 0.1) is 0 Å². The third kappa shape index (κ3) is 5.77. The fourth-order valence-corrected chi connectivity index (χ4v) is 1.61. The van der Waals surface area contributed by atoms with Gasteiger partial charge < -0.3 is 4.74 Å². The van der Waals surface area contributed by atoms with Crippen LogP contribution in [0, 0.1) is 12.3 Å². The third-order valence-electron chi connectivity index (χ3n) is 2.27. The van der Waals surface area contributed by atoms with Crippen molar-refractivity contribution in [3.05, 3.63) is 37.3 Å². The maximum absolute atomic E-state index is 12.3. The molecule has 1 rings (SSSR count). The van der Waals surface area contributed by atoms with Crippen LogP contribution in [0.25, 0.3) is 0 Å². The number of ether oxygens (including phenoxy) is 1. The van der Waals surface area contributed by atoms with E-state index >= 15 is 0 Å². The van der Waals surface area contributed by atoms with Crippen molar-refractivity contribution in [2.45, 2.75) is 40.2 Å². The van der Waals surface area contributed by atoms with Crippen LogP contribution in [0.3, 0.4) is 0 Å². The Balaban J connectivity index is 2.97. The molecule has 0 saturated heterocycles. The van der Waals surface area contributed by atoms with E-state index in [9.17, 15) is 4.79 Å². The second kappa shape index (κ2) is 5.64. The molecule has 19 heavy (non-hydrogen) atoms. The smallest absolute Gasteiger partial charge is 0.414 e. The zero-order valence-corrected chi connectivity index (χ0v) is 12.6. The number of anilines is 1. The highest BCUT2D eigenvalue weighted by atomic mass is 16.6. The summed E-state index contributed by atoms with van der Waals surface area (Å²) in [4.78, 5) is 14.0. The second-order valence-corrected chi connectivity index (χ2v) is 6.57. The summed E-state index contributed by atoms with van der Waals surface area (Å²) in [7, 11) is 0. The van der Waals surface area contributed by atoms with Crippen LogP contribution >= 0.6 is 0 Å². The number of carbonyl (C=O) groups excluding carboxylic acids is 1. The van der Waals surface area contributed by atoms with Gasteiger partial charge in [0.1, 0.15) is 5.60 Å². The molecule has 1 radical (unpaired) electrons. The van der Waals surface area contributed by atoms with E-state index in [4.69, 9.17) is 4.74 Å². The van der Waals surface area contributed by atoms with Gasteiger partial charge in [0, 0.05) is 12.2 Å². The first kappa shape index (κ1) is 15.5.